The van der Waals surface area contributed by atoms with Gasteiger partial charge in [-0.1, -0.05) is 19.6 Å². The Balaban J connectivity index is 3.84. The molecule has 0 spiro atoms. The summed E-state index contributed by atoms with van der Waals surface area (Å²) in [5, 5.41) is 0. The van der Waals surface area contributed by atoms with Crippen molar-refractivity contribution >= 4 is 5.78 Å². The molecule has 0 saturated heterocycles. The lowest BCUT2D eigenvalue weighted by Crippen LogP contribution is -2.28. The summed E-state index contributed by atoms with van der Waals surface area (Å²) in [6.45, 7) is 19.1. The normalized spacial score (nSPS) is 12.2. The highest BCUT2D eigenvalue weighted by Gasteiger charge is 2.22. The molecular formula is C19H34O3. The molecule has 0 aromatic heterocycles. The van der Waals surface area contributed by atoms with Crippen LogP contribution < -0.4 is 0 Å². The number of unbranched alkanes of at least 4 members (excludes halogenated alkanes) is 2. The zero-order chi connectivity index (χ0) is 17.2. The van der Waals surface area contributed by atoms with Gasteiger partial charge in [0.25, 0.3) is 0 Å². The van der Waals surface area contributed by atoms with Crippen molar-refractivity contribution in [2.75, 3.05) is 13.2 Å². The molecule has 0 amide bonds. The van der Waals surface area contributed by atoms with Crippen LogP contribution in [-0.2, 0) is 14.3 Å². The predicted octanol–water partition coefficient (Wildman–Crippen LogP) is 4.86. The van der Waals surface area contributed by atoms with Crippen LogP contribution in [0.2, 0.25) is 0 Å². The van der Waals surface area contributed by atoms with E-state index >= 15 is 0 Å². The summed E-state index contributed by atoms with van der Waals surface area (Å²) >= 11 is 0. The molecule has 0 aliphatic carbocycles. The van der Waals surface area contributed by atoms with Crippen molar-refractivity contribution in [3.05, 3.63) is 24.8 Å². The molecule has 22 heavy (non-hydrogen) atoms. The minimum atomic E-state index is -0.386. The molecule has 0 bridgehead atoms. The van der Waals surface area contributed by atoms with E-state index in [9.17, 15) is 4.79 Å². The molecular weight excluding hydrogens is 276 g/mol. The zero-order valence-electron chi connectivity index (χ0n) is 15.2. The van der Waals surface area contributed by atoms with E-state index in [0.29, 0.717) is 13.0 Å². The molecule has 0 N–H and O–H groups in total. The van der Waals surface area contributed by atoms with Crippen LogP contribution in [-0.4, -0.2) is 30.2 Å². The van der Waals surface area contributed by atoms with E-state index < -0.39 is 0 Å². The van der Waals surface area contributed by atoms with E-state index in [1.54, 1.807) is 0 Å². The fourth-order valence-corrected chi connectivity index (χ4v) is 1.91. The molecule has 0 aliphatic heterocycles. The van der Waals surface area contributed by atoms with Gasteiger partial charge in [-0.25, -0.2) is 0 Å². The first-order valence-corrected chi connectivity index (χ1v) is 8.20. The molecule has 0 aromatic rings. The van der Waals surface area contributed by atoms with Gasteiger partial charge in [0.2, 0.25) is 0 Å². The highest BCUT2D eigenvalue weighted by Crippen LogP contribution is 2.24. The van der Waals surface area contributed by atoms with Crippen LogP contribution in [0.3, 0.4) is 0 Å². The number of ether oxygens (including phenoxy) is 2. The SMILES string of the molecule is C=CC(=O)CCOC(C)(C)C(=C)CCCCCOC(C)(C)C. The summed E-state index contributed by atoms with van der Waals surface area (Å²) < 4.78 is 11.5. The van der Waals surface area contributed by atoms with Gasteiger partial charge in [0.1, 0.15) is 0 Å². The fourth-order valence-electron chi connectivity index (χ4n) is 1.91. The topological polar surface area (TPSA) is 35.5 Å². The average molecular weight is 310 g/mol. The van der Waals surface area contributed by atoms with Crippen LogP contribution in [0.1, 0.15) is 66.7 Å². The maximum absolute atomic E-state index is 11.2. The Hall–Kier alpha value is -0.930. The van der Waals surface area contributed by atoms with Crippen LogP contribution in [0.4, 0.5) is 0 Å². The summed E-state index contributed by atoms with van der Waals surface area (Å²) in [7, 11) is 0. The quantitative estimate of drug-likeness (QED) is 0.293. The molecule has 3 nitrogen and oxygen atoms in total. The maximum Gasteiger partial charge on any atom is 0.157 e. The zero-order valence-corrected chi connectivity index (χ0v) is 15.2. The van der Waals surface area contributed by atoms with Crippen LogP contribution in [0.5, 0.6) is 0 Å². The van der Waals surface area contributed by atoms with Crippen LogP contribution in [0.25, 0.3) is 0 Å². The first kappa shape index (κ1) is 21.1. The minimum absolute atomic E-state index is 0.0141. The van der Waals surface area contributed by atoms with Crippen molar-refractivity contribution in [1.82, 2.24) is 0 Å². The monoisotopic (exact) mass is 310 g/mol. The van der Waals surface area contributed by atoms with Crippen LogP contribution in [0, 0.1) is 0 Å². The largest absolute Gasteiger partial charge is 0.376 e. The molecule has 0 atom stereocenters. The minimum Gasteiger partial charge on any atom is -0.376 e. The molecule has 0 aromatic carbocycles. The van der Waals surface area contributed by atoms with Gasteiger partial charge in [-0.05, 0) is 65.5 Å². The summed E-state index contributed by atoms with van der Waals surface area (Å²) in [6, 6.07) is 0. The number of hydrogen-bond acceptors (Lipinski definition) is 3. The number of hydrogen-bond donors (Lipinski definition) is 0. The standard InChI is InChI=1S/C19H34O3/c1-8-17(20)13-15-22-19(6,7)16(2)12-10-9-11-14-21-18(3,4)5/h8H,1-2,9-15H2,3-7H3. The molecule has 0 heterocycles. The van der Waals surface area contributed by atoms with Gasteiger partial charge >= 0.3 is 0 Å². The van der Waals surface area contributed by atoms with Gasteiger partial charge in [-0.2, -0.15) is 0 Å². The van der Waals surface area contributed by atoms with E-state index in [0.717, 1.165) is 37.9 Å². The summed E-state index contributed by atoms with van der Waals surface area (Å²) in [5.41, 5.74) is 0.640. The second-order valence-corrected chi connectivity index (χ2v) is 7.15. The maximum atomic E-state index is 11.2. The van der Waals surface area contributed by atoms with Crippen molar-refractivity contribution in [2.24, 2.45) is 0 Å². The van der Waals surface area contributed by atoms with Crippen molar-refractivity contribution < 1.29 is 14.3 Å². The summed E-state index contributed by atoms with van der Waals surface area (Å²) in [6.07, 6.45) is 5.94. The molecule has 0 aliphatic rings. The number of rotatable bonds is 12. The van der Waals surface area contributed by atoms with E-state index in [1.165, 1.54) is 6.08 Å². The van der Waals surface area contributed by atoms with Gasteiger partial charge in [0.15, 0.2) is 5.78 Å². The first-order valence-electron chi connectivity index (χ1n) is 8.20. The number of carbonyl (C=O) groups is 1. The third-order valence-electron chi connectivity index (χ3n) is 3.55. The molecule has 0 radical (unpaired) electrons. The van der Waals surface area contributed by atoms with E-state index in [1.807, 2.05) is 13.8 Å². The molecule has 0 fully saturated rings. The van der Waals surface area contributed by atoms with Crippen molar-refractivity contribution in [1.29, 1.82) is 0 Å². The summed E-state index contributed by atoms with van der Waals surface area (Å²) in [4.78, 5) is 11.2. The molecule has 128 valence electrons. The van der Waals surface area contributed by atoms with E-state index in [2.05, 4.69) is 33.9 Å². The lowest BCUT2D eigenvalue weighted by Gasteiger charge is -2.28. The number of allylic oxidation sites excluding steroid dienone is 1. The first-order chi connectivity index (χ1) is 10.1. The molecule has 0 rings (SSSR count). The van der Waals surface area contributed by atoms with Gasteiger partial charge in [-0.15, -0.1) is 0 Å². The van der Waals surface area contributed by atoms with Crippen molar-refractivity contribution in [2.45, 2.75) is 77.9 Å². The smallest absolute Gasteiger partial charge is 0.157 e. The Morgan fingerprint density at radius 1 is 0.955 bits per heavy atom. The average Bonchev–Trinajstić information content (AvgIpc) is 2.40. The number of carbonyl (C=O) groups excluding carboxylic acids is 1. The van der Waals surface area contributed by atoms with E-state index in [4.69, 9.17) is 9.47 Å². The van der Waals surface area contributed by atoms with E-state index in [-0.39, 0.29) is 17.0 Å². The molecule has 0 saturated carbocycles. The lowest BCUT2D eigenvalue weighted by molar-refractivity contribution is -0.116. The Labute approximate surface area is 136 Å². The third-order valence-corrected chi connectivity index (χ3v) is 3.55. The molecule has 3 heteroatoms. The van der Waals surface area contributed by atoms with Crippen molar-refractivity contribution in [3.63, 3.8) is 0 Å². The summed E-state index contributed by atoms with van der Waals surface area (Å²) in [5.74, 6) is 0.0141. The Kier molecular flexibility index (Phi) is 9.54. The van der Waals surface area contributed by atoms with Gasteiger partial charge in [0, 0.05) is 13.0 Å². The Morgan fingerprint density at radius 2 is 1.59 bits per heavy atom. The number of ketones is 1. The Bertz CT molecular complexity index is 361. The van der Waals surface area contributed by atoms with Gasteiger partial charge < -0.3 is 9.47 Å². The third kappa shape index (κ3) is 10.7. The molecule has 0 unspecified atom stereocenters. The van der Waals surface area contributed by atoms with Crippen LogP contribution in [0.15, 0.2) is 24.8 Å². The highest BCUT2D eigenvalue weighted by molar-refractivity contribution is 5.89. The Morgan fingerprint density at radius 3 is 2.14 bits per heavy atom. The van der Waals surface area contributed by atoms with Crippen molar-refractivity contribution in [3.8, 4) is 0 Å². The predicted molar refractivity (Wildman–Crippen MR) is 93.2 cm³/mol. The second kappa shape index (κ2) is 9.96. The lowest BCUT2D eigenvalue weighted by atomic mass is 9.94. The second-order valence-electron chi connectivity index (χ2n) is 7.15. The fraction of sp³-hybridized carbons (Fsp3) is 0.737. The van der Waals surface area contributed by atoms with Crippen LogP contribution >= 0.6 is 0 Å². The van der Waals surface area contributed by atoms with Gasteiger partial charge in [0.05, 0.1) is 17.8 Å². The highest BCUT2D eigenvalue weighted by atomic mass is 16.5. The van der Waals surface area contributed by atoms with Gasteiger partial charge in [-0.3, -0.25) is 4.79 Å².